The monoisotopic (exact) mass is 954 g/mol. The number of ether oxygens (including phenoxy) is 4. The van der Waals surface area contributed by atoms with Gasteiger partial charge < -0.3 is 42.6 Å². The number of benzene rings is 4. The van der Waals surface area contributed by atoms with Crippen LogP contribution in [-0.4, -0.2) is 71.0 Å². The molecule has 11 nitrogen and oxygen atoms in total. The first-order valence-electron chi connectivity index (χ1n) is 20.8. The first-order valence-corrected chi connectivity index (χ1v) is 21.9. The molecule has 0 radical (unpaired) electrons. The minimum Gasteiger partial charge on any atom is -1.00 e. The molecule has 0 heterocycles. The standard InChI is InChI=1S/C23H31NO4.C18H20O3.C8H16BrNO2.2Na.2H/c1-23(2,3)28-22(26)24-15-8-16-27-20-12-7-11-19(17-20)21(25)14-13-18-9-5-4-6-10-18;1-14(19)13-21-17-9-5-8-16(12-17)18(20)11-10-15-6-3-2-4-7-15;1-8(2,3)12-7(11)10-6-4-5-9;;;;/h4-7,9-12,17,21,25H,8,13-16H2,1-3H3,(H,24,26);2-9,12,18,20H,10-11,13H2,1H3;4-6H2,1-3H3,(H,10,11);;;;/q;;;2*+1;2*-1/t21-;18-;;;;;/m11...../s1. The Labute approximate surface area is 431 Å². The molecule has 0 fully saturated rings. The number of alkyl halides is 1. The van der Waals surface area contributed by atoms with Crippen LogP contribution in [0, 0.1) is 0 Å². The number of ketones is 1. The molecule has 0 saturated heterocycles. The molecule has 0 bridgehead atoms. The number of nitrogens with one attached hydrogen (secondary N) is 2. The number of carbonyl (C=O) groups excluding carboxylic acids is 3. The zero-order valence-corrected chi connectivity index (χ0v) is 44.5. The van der Waals surface area contributed by atoms with Gasteiger partial charge in [0.1, 0.15) is 29.3 Å². The minimum atomic E-state index is -0.536. The van der Waals surface area contributed by atoms with E-state index in [2.05, 4.69) is 50.8 Å². The van der Waals surface area contributed by atoms with Gasteiger partial charge in [-0.15, -0.1) is 0 Å². The first kappa shape index (κ1) is 60.1. The smallest absolute Gasteiger partial charge is 1.00 e. The van der Waals surface area contributed by atoms with Gasteiger partial charge in [-0.1, -0.05) is 101 Å². The summed E-state index contributed by atoms with van der Waals surface area (Å²) in [6.45, 7) is 14.2. The largest absolute Gasteiger partial charge is 1.00 e. The van der Waals surface area contributed by atoms with Crippen molar-refractivity contribution in [3.8, 4) is 11.5 Å². The molecule has 4 rings (SSSR count). The fourth-order valence-corrected chi connectivity index (χ4v) is 5.66. The Morgan fingerprint density at radius 2 is 1.03 bits per heavy atom. The van der Waals surface area contributed by atoms with Gasteiger partial charge in [-0.3, -0.25) is 4.79 Å². The maximum Gasteiger partial charge on any atom is 1.00 e. The van der Waals surface area contributed by atoms with Crippen LogP contribution in [0.4, 0.5) is 9.59 Å². The third-order valence-electron chi connectivity index (χ3n) is 8.26. The van der Waals surface area contributed by atoms with Crippen molar-refractivity contribution in [3.63, 3.8) is 0 Å². The second-order valence-corrected chi connectivity index (χ2v) is 17.1. The summed E-state index contributed by atoms with van der Waals surface area (Å²) in [5.41, 5.74) is 3.18. The summed E-state index contributed by atoms with van der Waals surface area (Å²) in [6, 6.07) is 35.0. The Kier molecular flexibility index (Phi) is 32.0. The molecule has 0 aliphatic rings. The molecule has 0 aliphatic heterocycles. The number of hydrogen-bond donors (Lipinski definition) is 4. The van der Waals surface area contributed by atoms with Crippen molar-refractivity contribution in [2.45, 2.75) is 110 Å². The van der Waals surface area contributed by atoms with E-state index in [4.69, 9.17) is 18.9 Å². The molecule has 338 valence electrons. The third-order valence-corrected chi connectivity index (χ3v) is 8.82. The number of rotatable bonds is 19. The number of aryl methyl sites for hydroxylation is 2. The molecule has 0 aromatic heterocycles. The van der Waals surface area contributed by atoms with Crippen LogP contribution in [0.3, 0.4) is 0 Å². The van der Waals surface area contributed by atoms with Gasteiger partial charge in [0.25, 0.3) is 0 Å². The first-order chi connectivity index (χ1) is 28.9. The summed E-state index contributed by atoms with van der Waals surface area (Å²) < 4.78 is 21.3. The second-order valence-electron chi connectivity index (χ2n) is 16.3. The molecule has 4 aromatic carbocycles. The summed E-state index contributed by atoms with van der Waals surface area (Å²) in [6.07, 6.45) is 2.71. The molecule has 2 amide bonds. The molecule has 14 heteroatoms. The predicted molar refractivity (Wildman–Crippen MR) is 248 cm³/mol. The molecule has 0 unspecified atom stereocenters. The Bertz CT molecular complexity index is 1860. The zero-order chi connectivity index (χ0) is 45.1. The van der Waals surface area contributed by atoms with Crippen molar-refractivity contribution in [3.05, 3.63) is 131 Å². The van der Waals surface area contributed by atoms with E-state index < -0.39 is 29.5 Å². The molecule has 0 spiro atoms. The van der Waals surface area contributed by atoms with Crippen molar-refractivity contribution in [1.29, 1.82) is 0 Å². The van der Waals surface area contributed by atoms with E-state index in [0.717, 1.165) is 35.7 Å². The number of hydrogen-bond acceptors (Lipinski definition) is 9. The second kappa shape index (κ2) is 33.6. The normalized spacial score (nSPS) is 11.5. The Hall–Kier alpha value is -2.91. The summed E-state index contributed by atoms with van der Waals surface area (Å²) in [5.74, 6) is 1.31. The molecule has 63 heavy (non-hydrogen) atoms. The number of halogens is 1. The number of carbonyl (C=O) groups is 3. The maximum atomic E-state index is 11.6. The fourth-order valence-electron chi connectivity index (χ4n) is 5.38. The SMILES string of the molecule is CC(=O)COc1cccc([C@H](O)CCc2ccccc2)c1.CC(C)(C)OC(=O)NCCCBr.CC(C)(C)OC(=O)NCCCOc1cccc([C@H](O)CCc2ccccc2)c1.[H-].[H-].[Na+].[Na+]. The molecule has 0 aliphatic carbocycles. The summed E-state index contributed by atoms with van der Waals surface area (Å²) in [4.78, 5) is 33.5. The van der Waals surface area contributed by atoms with Crippen LogP contribution in [0.1, 0.15) is 111 Å². The van der Waals surface area contributed by atoms with Crippen molar-refractivity contribution < 1.29 is 106 Å². The van der Waals surface area contributed by atoms with E-state index in [-0.39, 0.29) is 80.5 Å². The minimum absolute atomic E-state index is 0. The Balaban J connectivity index is -0.000000925. The van der Waals surface area contributed by atoms with Crippen LogP contribution in [0.15, 0.2) is 109 Å². The van der Waals surface area contributed by atoms with E-state index in [1.165, 1.54) is 18.1 Å². The van der Waals surface area contributed by atoms with Crippen molar-refractivity contribution in [2.24, 2.45) is 0 Å². The van der Waals surface area contributed by atoms with Crippen LogP contribution in [0.5, 0.6) is 11.5 Å². The van der Waals surface area contributed by atoms with Crippen molar-refractivity contribution in [2.75, 3.05) is 31.6 Å². The van der Waals surface area contributed by atoms with Gasteiger partial charge in [0.2, 0.25) is 0 Å². The molecule has 4 N–H and O–H groups in total. The van der Waals surface area contributed by atoms with Crippen LogP contribution >= 0.6 is 15.9 Å². The summed E-state index contributed by atoms with van der Waals surface area (Å²) in [5, 5.41) is 27.0. The Morgan fingerprint density at radius 3 is 1.43 bits per heavy atom. The molecular weight excluding hydrogens is 886 g/mol. The van der Waals surface area contributed by atoms with Gasteiger partial charge >= 0.3 is 71.3 Å². The number of aliphatic hydroxyl groups excluding tert-OH is 2. The number of Topliss-reactive ketones (excluding diaryl/α,β-unsaturated/α-hetero) is 1. The van der Waals surface area contributed by atoms with Crippen molar-refractivity contribution in [1.82, 2.24) is 10.6 Å². The summed E-state index contributed by atoms with van der Waals surface area (Å²) >= 11 is 3.27. The molecule has 0 saturated carbocycles. The fraction of sp³-hybridized carbons (Fsp3) is 0.449. The van der Waals surface area contributed by atoms with Crippen LogP contribution in [0.2, 0.25) is 0 Å². The number of aliphatic hydroxyl groups is 2. The quantitative estimate of drug-likeness (QED) is 0.0606. The molecule has 4 aromatic rings. The Morgan fingerprint density at radius 1 is 0.619 bits per heavy atom. The van der Waals surface area contributed by atoms with Gasteiger partial charge in [0, 0.05) is 18.4 Å². The number of amides is 2. The van der Waals surface area contributed by atoms with Crippen molar-refractivity contribution >= 4 is 33.9 Å². The van der Waals surface area contributed by atoms with E-state index in [1.54, 1.807) is 12.1 Å². The van der Waals surface area contributed by atoms with Gasteiger partial charge in [-0.25, -0.2) is 9.59 Å². The maximum absolute atomic E-state index is 11.6. The average molecular weight is 956 g/mol. The number of alkyl carbamates (subject to hydrolysis) is 2. The zero-order valence-electron chi connectivity index (χ0n) is 41.0. The van der Waals surface area contributed by atoms with E-state index in [1.807, 2.05) is 114 Å². The van der Waals surface area contributed by atoms with E-state index >= 15 is 0 Å². The van der Waals surface area contributed by atoms with Crippen LogP contribution in [0.25, 0.3) is 0 Å². The topological polar surface area (TPSA) is 153 Å². The molecule has 2 atom stereocenters. The van der Waals surface area contributed by atoms with Crippen LogP contribution in [-0.2, 0) is 27.1 Å². The van der Waals surface area contributed by atoms with E-state index in [0.29, 0.717) is 50.5 Å². The van der Waals surface area contributed by atoms with Gasteiger partial charge in [0.05, 0.1) is 18.8 Å². The third kappa shape index (κ3) is 30.8. The molecular formula is C49H69BrN2Na2O9. The van der Waals surface area contributed by atoms with Crippen LogP contribution < -0.4 is 79.2 Å². The average Bonchev–Trinajstić information content (AvgIpc) is 3.21. The summed E-state index contributed by atoms with van der Waals surface area (Å²) in [7, 11) is 0. The van der Waals surface area contributed by atoms with Gasteiger partial charge in [-0.2, -0.15) is 0 Å². The van der Waals surface area contributed by atoms with Gasteiger partial charge in [-0.05, 0) is 134 Å². The van der Waals surface area contributed by atoms with E-state index in [9.17, 15) is 24.6 Å². The predicted octanol–water partition coefficient (Wildman–Crippen LogP) is 4.50. The van der Waals surface area contributed by atoms with Gasteiger partial charge in [0.15, 0.2) is 5.78 Å².